The smallest absolute Gasteiger partial charge is 0.127 e. The van der Waals surface area contributed by atoms with Gasteiger partial charge in [0.2, 0.25) is 0 Å². The first-order valence-electron chi connectivity index (χ1n) is 7.42. The van der Waals surface area contributed by atoms with Gasteiger partial charge in [-0.3, -0.25) is 0 Å². The molecule has 1 aliphatic carbocycles. The second-order valence-electron chi connectivity index (χ2n) is 5.60. The number of pyridine rings is 1. The number of nitroso groups, excluding NO2 is 1. The fourth-order valence-corrected chi connectivity index (χ4v) is 3.14. The van der Waals surface area contributed by atoms with E-state index in [1.54, 1.807) is 12.1 Å². The van der Waals surface area contributed by atoms with Crippen molar-refractivity contribution in [3.05, 3.63) is 70.6 Å². The highest BCUT2D eigenvalue weighted by molar-refractivity contribution is 5.83. The maximum Gasteiger partial charge on any atom is 0.127 e. The Balaban J connectivity index is 1.64. The second-order valence-corrected chi connectivity index (χ2v) is 5.60. The third-order valence-corrected chi connectivity index (χ3v) is 4.23. The number of rotatable bonds is 3. The van der Waals surface area contributed by atoms with Crippen molar-refractivity contribution in [3.63, 3.8) is 0 Å². The number of nitrogens with zero attached hydrogens (tertiary/aromatic N) is 2. The van der Waals surface area contributed by atoms with Crippen molar-refractivity contribution in [3.8, 4) is 0 Å². The van der Waals surface area contributed by atoms with Gasteiger partial charge in [0.1, 0.15) is 11.5 Å². The maximum atomic E-state index is 10.6. The Morgan fingerprint density at radius 2 is 2.00 bits per heavy atom. The minimum Gasteiger partial charge on any atom is -0.363 e. The Morgan fingerprint density at radius 1 is 1.09 bits per heavy atom. The van der Waals surface area contributed by atoms with E-state index in [4.69, 9.17) is 0 Å². The molecule has 0 spiro atoms. The van der Waals surface area contributed by atoms with Crippen LogP contribution in [0.15, 0.2) is 59.8 Å². The average Bonchev–Trinajstić information content (AvgIpc) is 2.97. The van der Waals surface area contributed by atoms with Gasteiger partial charge in [-0.15, -0.1) is 4.91 Å². The molecular formula is C18H15N3O. The van der Waals surface area contributed by atoms with E-state index in [9.17, 15) is 4.91 Å². The minimum absolute atomic E-state index is 0.317. The molecule has 0 unspecified atom stereocenters. The number of nitrogens with one attached hydrogen (secondary N) is 1. The fourth-order valence-electron chi connectivity index (χ4n) is 3.14. The standard InChI is InChI=1S/C18H15N3O/c22-21-14-7-9-16-13(11-14)6-10-18(19-16)20-17-8-5-12-3-1-2-4-15(12)17/h1-4,6-7,9-11,17H,5,8H2,(H,19,20)/t17-/m1/s1. The molecule has 1 aliphatic rings. The van der Waals surface area contributed by atoms with Gasteiger partial charge in [0.05, 0.1) is 11.6 Å². The van der Waals surface area contributed by atoms with Crippen LogP contribution in [-0.4, -0.2) is 4.98 Å². The predicted molar refractivity (Wildman–Crippen MR) is 88.3 cm³/mol. The first-order valence-corrected chi connectivity index (χ1v) is 7.42. The minimum atomic E-state index is 0.317. The number of benzene rings is 2. The highest BCUT2D eigenvalue weighted by Crippen LogP contribution is 2.33. The summed E-state index contributed by atoms with van der Waals surface area (Å²) in [5, 5.41) is 7.40. The Hall–Kier alpha value is -2.75. The zero-order valence-corrected chi connectivity index (χ0v) is 12.0. The average molecular weight is 289 g/mol. The number of aromatic nitrogens is 1. The molecule has 1 N–H and O–H groups in total. The lowest BCUT2D eigenvalue weighted by Gasteiger charge is -2.15. The largest absolute Gasteiger partial charge is 0.363 e. The summed E-state index contributed by atoms with van der Waals surface area (Å²) in [5.41, 5.74) is 4.08. The lowest BCUT2D eigenvalue weighted by Crippen LogP contribution is -2.08. The molecule has 22 heavy (non-hydrogen) atoms. The van der Waals surface area contributed by atoms with Gasteiger partial charge < -0.3 is 5.32 Å². The molecule has 2 aromatic carbocycles. The van der Waals surface area contributed by atoms with Crippen molar-refractivity contribution in [2.75, 3.05) is 5.32 Å². The SMILES string of the molecule is O=Nc1ccc2nc(N[C@@H]3CCc4ccccc43)ccc2c1. The normalized spacial score (nSPS) is 16.5. The van der Waals surface area contributed by atoms with Crippen molar-refractivity contribution in [1.29, 1.82) is 0 Å². The number of fused-ring (bicyclic) bond motifs is 2. The molecule has 4 heteroatoms. The number of hydrogen-bond acceptors (Lipinski definition) is 4. The van der Waals surface area contributed by atoms with E-state index < -0.39 is 0 Å². The van der Waals surface area contributed by atoms with Crippen LogP contribution in [-0.2, 0) is 6.42 Å². The lowest BCUT2D eigenvalue weighted by atomic mass is 10.1. The van der Waals surface area contributed by atoms with Gasteiger partial charge in [0, 0.05) is 5.39 Å². The number of aryl methyl sites for hydroxylation is 1. The van der Waals surface area contributed by atoms with Crippen LogP contribution in [0.25, 0.3) is 10.9 Å². The Kier molecular flexibility index (Phi) is 3.07. The van der Waals surface area contributed by atoms with Crippen LogP contribution in [0.3, 0.4) is 0 Å². The first kappa shape index (κ1) is 13.0. The Bertz CT molecular complexity index is 860. The van der Waals surface area contributed by atoms with Gasteiger partial charge in [0.15, 0.2) is 0 Å². The molecule has 0 saturated carbocycles. The third-order valence-electron chi connectivity index (χ3n) is 4.23. The molecule has 0 amide bonds. The molecule has 1 aromatic heterocycles. The van der Waals surface area contributed by atoms with Crippen LogP contribution in [0.4, 0.5) is 11.5 Å². The molecule has 0 bridgehead atoms. The van der Waals surface area contributed by atoms with Crippen LogP contribution < -0.4 is 5.32 Å². The van der Waals surface area contributed by atoms with Gasteiger partial charge in [-0.25, -0.2) is 4.98 Å². The van der Waals surface area contributed by atoms with Crippen LogP contribution in [0.2, 0.25) is 0 Å². The quantitative estimate of drug-likeness (QED) is 0.709. The highest BCUT2D eigenvalue weighted by atomic mass is 16.3. The molecule has 108 valence electrons. The second kappa shape index (κ2) is 5.22. The molecule has 0 saturated heterocycles. The first-order chi connectivity index (χ1) is 10.8. The third kappa shape index (κ3) is 2.22. The van der Waals surface area contributed by atoms with Crippen LogP contribution in [0, 0.1) is 4.91 Å². The molecule has 0 radical (unpaired) electrons. The number of anilines is 1. The van der Waals surface area contributed by atoms with Crippen molar-refractivity contribution in [1.82, 2.24) is 4.98 Å². The maximum absolute atomic E-state index is 10.6. The highest BCUT2D eigenvalue weighted by Gasteiger charge is 2.21. The molecule has 0 aliphatic heterocycles. The van der Waals surface area contributed by atoms with E-state index in [1.807, 2.05) is 18.2 Å². The lowest BCUT2D eigenvalue weighted by molar-refractivity contribution is 0.758. The van der Waals surface area contributed by atoms with E-state index in [0.717, 1.165) is 29.6 Å². The van der Waals surface area contributed by atoms with Gasteiger partial charge in [0.25, 0.3) is 0 Å². The van der Waals surface area contributed by atoms with Gasteiger partial charge in [-0.05, 0) is 59.5 Å². The summed E-state index contributed by atoms with van der Waals surface area (Å²) < 4.78 is 0. The Labute approximate surface area is 128 Å². The summed E-state index contributed by atoms with van der Waals surface area (Å²) in [4.78, 5) is 15.2. The van der Waals surface area contributed by atoms with Crippen LogP contribution in [0.1, 0.15) is 23.6 Å². The molecule has 1 atom stereocenters. The van der Waals surface area contributed by atoms with Crippen molar-refractivity contribution in [2.24, 2.45) is 5.18 Å². The molecule has 4 rings (SSSR count). The zero-order valence-electron chi connectivity index (χ0n) is 12.0. The van der Waals surface area contributed by atoms with E-state index in [0.29, 0.717) is 11.7 Å². The van der Waals surface area contributed by atoms with Crippen LogP contribution >= 0.6 is 0 Å². The molecule has 1 heterocycles. The van der Waals surface area contributed by atoms with Crippen molar-refractivity contribution in [2.45, 2.75) is 18.9 Å². The summed E-state index contributed by atoms with van der Waals surface area (Å²) in [5.74, 6) is 0.862. The van der Waals surface area contributed by atoms with E-state index >= 15 is 0 Å². The summed E-state index contributed by atoms with van der Waals surface area (Å²) in [6.07, 6.45) is 2.20. The predicted octanol–water partition coefficient (Wildman–Crippen LogP) is 4.73. The molecular weight excluding hydrogens is 274 g/mol. The van der Waals surface area contributed by atoms with E-state index in [-0.39, 0.29) is 0 Å². The van der Waals surface area contributed by atoms with Gasteiger partial charge in [-0.1, -0.05) is 24.3 Å². The molecule has 4 nitrogen and oxygen atoms in total. The van der Waals surface area contributed by atoms with Gasteiger partial charge in [-0.2, -0.15) is 0 Å². The monoisotopic (exact) mass is 289 g/mol. The topological polar surface area (TPSA) is 54.4 Å². The van der Waals surface area contributed by atoms with E-state index in [1.165, 1.54) is 11.1 Å². The molecule has 0 fully saturated rings. The summed E-state index contributed by atoms with van der Waals surface area (Å²) in [6, 6.07) is 18.1. The summed E-state index contributed by atoms with van der Waals surface area (Å²) in [7, 11) is 0. The van der Waals surface area contributed by atoms with Crippen molar-refractivity contribution < 1.29 is 0 Å². The van der Waals surface area contributed by atoms with Crippen molar-refractivity contribution >= 4 is 22.4 Å². The fraction of sp³-hybridized carbons (Fsp3) is 0.167. The Morgan fingerprint density at radius 3 is 2.91 bits per heavy atom. The van der Waals surface area contributed by atoms with Gasteiger partial charge >= 0.3 is 0 Å². The van der Waals surface area contributed by atoms with Crippen LogP contribution in [0.5, 0.6) is 0 Å². The summed E-state index contributed by atoms with van der Waals surface area (Å²) in [6.45, 7) is 0. The van der Waals surface area contributed by atoms with E-state index in [2.05, 4.69) is 39.7 Å². The zero-order chi connectivity index (χ0) is 14.9. The molecule has 3 aromatic rings. The summed E-state index contributed by atoms with van der Waals surface area (Å²) >= 11 is 0. The number of hydrogen-bond donors (Lipinski definition) is 1.